The van der Waals surface area contributed by atoms with Gasteiger partial charge >= 0.3 is 0 Å². The Bertz CT molecular complexity index is 285. The monoisotopic (exact) mass is 197 g/mol. The van der Waals surface area contributed by atoms with Crippen molar-refractivity contribution in [1.29, 1.82) is 0 Å². The summed E-state index contributed by atoms with van der Waals surface area (Å²) < 4.78 is 17.7. The van der Waals surface area contributed by atoms with Gasteiger partial charge in [0.15, 0.2) is 5.82 Å². The quantitative estimate of drug-likeness (QED) is 0.787. The Morgan fingerprint density at radius 2 is 2.29 bits per heavy atom. The summed E-state index contributed by atoms with van der Waals surface area (Å²) in [4.78, 5) is 7.60. The lowest BCUT2D eigenvalue weighted by Crippen LogP contribution is -2.15. The lowest BCUT2D eigenvalue weighted by molar-refractivity contribution is 0.187. The van der Waals surface area contributed by atoms with Crippen LogP contribution in [0.3, 0.4) is 0 Å². The number of anilines is 1. The molecule has 0 aromatic carbocycles. The summed E-state index contributed by atoms with van der Waals surface area (Å²) in [6.07, 6.45) is 3.37. The normalized spacial score (nSPS) is 21.1. The van der Waals surface area contributed by atoms with E-state index in [-0.39, 0.29) is 0 Å². The Kier molecular flexibility index (Phi) is 2.88. The molecule has 1 N–H and O–H groups in total. The summed E-state index contributed by atoms with van der Waals surface area (Å²) in [6.45, 7) is 2.40. The molecule has 1 aliphatic rings. The molecule has 1 saturated heterocycles. The van der Waals surface area contributed by atoms with Crippen molar-refractivity contribution in [3.63, 3.8) is 0 Å². The highest BCUT2D eigenvalue weighted by Gasteiger charge is 2.15. The average Bonchev–Trinajstić information content (AvgIpc) is 2.70. The van der Waals surface area contributed by atoms with Crippen LogP contribution in [0.1, 0.15) is 6.42 Å². The van der Waals surface area contributed by atoms with E-state index in [4.69, 9.17) is 4.74 Å². The van der Waals surface area contributed by atoms with Gasteiger partial charge in [-0.15, -0.1) is 0 Å². The molecular formula is C9H12FN3O. The van der Waals surface area contributed by atoms with E-state index in [0.29, 0.717) is 11.9 Å². The molecule has 2 rings (SSSR count). The summed E-state index contributed by atoms with van der Waals surface area (Å²) in [7, 11) is 0. The Labute approximate surface area is 81.5 Å². The Hall–Kier alpha value is -1.23. The van der Waals surface area contributed by atoms with Crippen LogP contribution in [0, 0.1) is 11.7 Å². The molecule has 0 amide bonds. The lowest BCUT2D eigenvalue weighted by atomic mass is 10.1. The molecular weight excluding hydrogens is 185 g/mol. The predicted molar refractivity (Wildman–Crippen MR) is 49.4 cm³/mol. The van der Waals surface area contributed by atoms with Crippen LogP contribution >= 0.6 is 0 Å². The summed E-state index contributed by atoms with van der Waals surface area (Å²) in [5, 5.41) is 3.04. The molecule has 1 atom stereocenters. The van der Waals surface area contributed by atoms with Crippen LogP contribution in [0.4, 0.5) is 10.3 Å². The molecule has 14 heavy (non-hydrogen) atoms. The van der Waals surface area contributed by atoms with E-state index in [1.54, 1.807) is 0 Å². The van der Waals surface area contributed by atoms with Crippen molar-refractivity contribution in [2.75, 3.05) is 25.1 Å². The topological polar surface area (TPSA) is 47.0 Å². The van der Waals surface area contributed by atoms with Crippen LogP contribution in [0.15, 0.2) is 12.4 Å². The van der Waals surface area contributed by atoms with Gasteiger partial charge in [-0.2, -0.15) is 0 Å². The fourth-order valence-corrected chi connectivity index (χ4v) is 1.38. The number of aromatic nitrogens is 2. The Balaban J connectivity index is 1.82. The maximum absolute atomic E-state index is 12.5. The highest BCUT2D eigenvalue weighted by Crippen LogP contribution is 2.12. The first kappa shape index (κ1) is 9.33. The summed E-state index contributed by atoms with van der Waals surface area (Å²) in [6, 6.07) is 0. The molecule has 1 aromatic rings. The third-order valence-electron chi connectivity index (χ3n) is 2.19. The summed E-state index contributed by atoms with van der Waals surface area (Å²) in [5.74, 6) is 0.571. The van der Waals surface area contributed by atoms with Gasteiger partial charge in [0.2, 0.25) is 5.95 Å². The number of halogens is 1. The van der Waals surface area contributed by atoms with Crippen LogP contribution in [0.5, 0.6) is 0 Å². The number of hydrogen-bond donors (Lipinski definition) is 1. The molecule has 1 aromatic heterocycles. The minimum Gasteiger partial charge on any atom is -0.381 e. The highest BCUT2D eigenvalue weighted by molar-refractivity contribution is 5.22. The van der Waals surface area contributed by atoms with Crippen LogP contribution < -0.4 is 5.32 Å². The standard InChI is InChI=1S/C9H12FN3O/c10-8-4-12-9(13-5-8)11-3-7-1-2-14-6-7/h4-5,7H,1-3,6H2,(H,11,12,13). The smallest absolute Gasteiger partial charge is 0.222 e. The molecule has 0 aliphatic carbocycles. The highest BCUT2D eigenvalue weighted by atomic mass is 19.1. The summed E-state index contributed by atoms with van der Waals surface area (Å²) in [5.41, 5.74) is 0. The van der Waals surface area contributed by atoms with E-state index < -0.39 is 5.82 Å². The van der Waals surface area contributed by atoms with E-state index in [1.807, 2.05) is 0 Å². The first-order valence-electron chi connectivity index (χ1n) is 4.64. The van der Waals surface area contributed by atoms with Gasteiger partial charge in [0.1, 0.15) is 0 Å². The lowest BCUT2D eigenvalue weighted by Gasteiger charge is -2.08. The first-order valence-corrected chi connectivity index (χ1v) is 4.64. The molecule has 4 nitrogen and oxygen atoms in total. The second kappa shape index (κ2) is 4.32. The molecule has 76 valence electrons. The third kappa shape index (κ3) is 2.38. The van der Waals surface area contributed by atoms with E-state index in [9.17, 15) is 4.39 Å². The minimum atomic E-state index is -0.417. The number of nitrogens with zero attached hydrogens (tertiary/aromatic N) is 2. The van der Waals surface area contributed by atoms with Gasteiger partial charge in [0.25, 0.3) is 0 Å². The maximum Gasteiger partial charge on any atom is 0.222 e. The van der Waals surface area contributed by atoms with Gasteiger partial charge in [0, 0.05) is 19.1 Å². The van der Waals surface area contributed by atoms with Crippen molar-refractivity contribution < 1.29 is 9.13 Å². The molecule has 0 radical (unpaired) electrons. The van der Waals surface area contributed by atoms with Gasteiger partial charge in [-0.25, -0.2) is 14.4 Å². The molecule has 0 spiro atoms. The maximum atomic E-state index is 12.5. The van der Waals surface area contributed by atoms with E-state index in [1.165, 1.54) is 0 Å². The molecule has 1 aliphatic heterocycles. The predicted octanol–water partition coefficient (Wildman–Crippen LogP) is 1.06. The SMILES string of the molecule is Fc1cnc(NCC2CCOC2)nc1. The molecule has 1 fully saturated rings. The van der Waals surface area contributed by atoms with Crippen molar-refractivity contribution in [3.8, 4) is 0 Å². The zero-order valence-corrected chi connectivity index (χ0v) is 7.74. The van der Waals surface area contributed by atoms with Gasteiger partial charge in [-0.1, -0.05) is 0 Å². The van der Waals surface area contributed by atoms with Crippen LogP contribution in [0.2, 0.25) is 0 Å². The summed E-state index contributed by atoms with van der Waals surface area (Å²) >= 11 is 0. The van der Waals surface area contributed by atoms with Gasteiger partial charge in [0.05, 0.1) is 19.0 Å². The number of ether oxygens (including phenoxy) is 1. The van der Waals surface area contributed by atoms with Crippen LogP contribution in [0.25, 0.3) is 0 Å². The molecule has 0 saturated carbocycles. The number of nitrogens with one attached hydrogen (secondary N) is 1. The van der Waals surface area contributed by atoms with Crippen LogP contribution in [-0.4, -0.2) is 29.7 Å². The fourth-order valence-electron chi connectivity index (χ4n) is 1.38. The zero-order chi connectivity index (χ0) is 9.80. The Morgan fingerprint density at radius 1 is 1.50 bits per heavy atom. The second-order valence-corrected chi connectivity index (χ2v) is 3.34. The first-order chi connectivity index (χ1) is 6.84. The van der Waals surface area contributed by atoms with Crippen molar-refractivity contribution in [2.45, 2.75) is 6.42 Å². The third-order valence-corrected chi connectivity index (χ3v) is 2.19. The zero-order valence-electron chi connectivity index (χ0n) is 7.74. The van der Waals surface area contributed by atoms with Gasteiger partial charge < -0.3 is 10.1 Å². The fraction of sp³-hybridized carbons (Fsp3) is 0.556. The van der Waals surface area contributed by atoms with Crippen molar-refractivity contribution in [1.82, 2.24) is 9.97 Å². The van der Waals surface area contributed by atoms with E-state index in [2.05, 4.69) is 15.3 Å². The van der Waals surface area contributed by atoms with Crippen LogP contribution in [-0.2, 0) is 4.74 Å². The van der Waals surface area contributed by atoms with Crippen molar-refractivity contribution >= 4 is 5.95 Å². The van der Waals surface area contributed by atoms with Crippen molar-refractivity contribution in [2.24, 2.45) is 5.92 Å². The molecule has 5 heteroatoms. The largest absolute Gasteiger partial charge is 0.381 e. The van der Waals surface area contributed by atoms with Gasteiger partial charge in [-0.05, 0) is 6.42 Å². The van der Waals surface area contributed by atoms with E-state index in [0.717, 1.165) is 38.6 Å². The number of rotatable bonds is 3. The Morgan fingerprint density at radius 3 is 2.93 bits per heavy atom. The second-order valence-electron chi connectivity index (χ2n) is 3.34. The van der Waals surface area contributed by atoms with Crippen molar-refractivity contribution in [3.05, 3.63) is 18.2 Å². The minimum absolute atomic E-state index is 0.417. The average molecular weight is 197 g/mol. The molecule has 1 unspecified atom stereocenters. The molecule has 2 heterocycles. The number of hydrogen-bond acceptors (Lipinski definition) is 4. The molecule has 0 bridgehead atoms. The van der Waals surface area contributed by atoms with E-state index >= 15 is 0 Å². The van der Waals surface area contributed by atoms with Gasteiger partial charge in [-0.3, -0.25) is 0 Å².